The number of pyridine rings is 1. The van der Waals surface area contributed by atoms with Crippen molar-refractivity contribution in [2.45, 2.75) is 45.6 Å². The Bertz CT molecular complexity index is 752. The second kappa shape index (κ2) is 7.93. The lowest BCUT2D eigenvalue weighted by atomic mass is 9.96. The third-order valence-electron chi connectivity index (χ3n) is 4.58. The maximum absolute atomic E-state index is 12.5. The molecule has 1 saturated heterocycles. The van der Waals surface area contributed by atoms with E-state index in [9.17, 15) is 4.79 Å². The third kappa shape index (κ3) is 4.17. The van der Waals surface area contributed by atoms with Crippen LogP contribution in [0.5, 0.6) is 0 Å². The van der Waals surface area contributed by atoms with Crippen molar-refractivity contribution in [3.05, 3.63) is 35.5 Å². The highest BCUT2D eigenvalue weighted by Crippen LogP contribution is 2.33. The van der Waals surface area contributed by atoms with Crippen LogP contribution in [-0.2, 0) is 14.3 Å². The summed E-state index contributed by atoms with van der Waals surface area (Å²) in [4.78, 5) is 17.2. The van der Waals surface area contributed by atoms with Gasteiger partial charge in [-0.2, -0.15) is 0 Å². The van der Waals surface area contributed by atoms with Gasteiger partial charge in [0.25, 0.3) is 0 Å². The van der Waals surface area contributed by atoms with E-state index in [0.29, 0.717) is 13.2 Å². The zero-order valence-electron chi connectivity index (χ0n) is 15.2. The molecule has 1 amide bonds. The molecule has 0 aliphatic carbocycles. The van der Waals surface area contributed by atoms with E-state index < -0.39 is 0 Å². The Morgan fingerprint density at radius 3 is 2.76 bits per heavy atom. The van der Waals surface area contributed by atoms with Gasteiger partial charge in [0.2, 0.25) is 5.91 Å². The predicted molar refractivity (Wildman–Crippen MR) is 99.0 cm³/mol. The largest absolute Gasteiger partial charge is 0.381 e. The van der Waals surface area contributed by atoms with Gasteiger partial charge in [0.05, 0.1) is 17.3 Å². The van der Waals surface area contributed by atoms with Gasteiger partial charge in [-0.3, -0.25) is 9.78 Å². The Morgan fingerprint density at radius 1 is 1.32 bits per heavy atom. The molecule has 1 aromatic carbocycles. The van der Waals surface area contributed by atoms with Gasteiger partial charge in [0.15, 0.2) is 0 Å². The van der Waals surface area contributed by atoms with Crippen LogP contribution in [0.15, 0.2) is 24.3 Å². The Morgan fingerprint density at radius 2 is 2.04 bits per heavy atom. The first-order valence-corrected chi connectivity index (χ1v) is 8.94. The Hall–Kier alpha value is -1.98. The number of aromatic nitrogens is 1. The molecule has 1 aliphatic rings. The number of ether oxygens (including phenoxy) is 2. The summed E-state index contributed by atoms with van der Waals surface area (Å²) in [7, 11) is 0. The molecule has 2 heterocycles. The number of benzene rings is 1. The lowest BCUT2D eigenvalue weighted by Gasteiger charge is -2.23. The maximum Gasteiger partial charge on any atom is 0.250 e. The van der Waals surface area contributed by atoms with Gasteiger partial charge < -0.3 is 14.8 Å². The minimum atomic E-state index is -0.121. The van der Waals surface area contributed by atoms with Gasteiger partial charge in [-0.05, 0) is 31.7 Å². The van der Waals surface area contributed by atoms with Crippen LogP contribution in [0.3, 0.4) is 0 Å². The van der Waals surface area contributed by atoms with Crippen LogP contribution < -0.4 is 5.32 Å². The molecule has 1 fully saturated rings. The van der Waals surface area contributed by atoms with Crippen molar-refractivity contribution < 1.29 is 14.3 Å². The summed E-state index contributed by atoms with van der Waals surface area (Å²) >= 11 is 0. The summed E-state index contributed by atoms with van der Waals surface area (Å²) < 4.78 is 11.1. The average Bonchev–Trinajstić information content (AvgIpc) is 2.60. The van der Waals surface area contributed by atoms with E-state index in [1.165, 1.54) is 0 Å². The van der Waals surface area contributed by atoms with E-state index in [1.807, 2.05) is 31.2 Å². The quantitative estimate of drug-likeness (QED) is 0.898. The fourth-order valence-corrected chi connectivity index (χ4v) is 3.40. The number of hydrogen-bond acceptors (Lipinski definition) is 4. The summed E-state index contributed by atoms with van der Waals surface area (Å²) in [6.07, 6.45) is 1.81. The number of nitrogens with one attached hydrogen (secondary N) is 1. The van der Waals surface area contributed by atoms with E-state index in [0.717, 1.165) is 40.7 Å². The normalized spacial score (nSPS) is 15.7. The Labute approximate surface area is 148 Å². The Balaban J connectivity index is 1.81. The minimum absolute atomic E-state index is 0.0674. The lowest BCUT2D eigenvalue weighted by molar-refractivity contribution is -0.124. The predicted octanol–water partition coefficient (Wildman–Crippen LogP) is 3.80. The number of para-hydroxylation sites is 1. The summed E-state index contributed by atoms with van der Waals surface area (Å²) in [5.41, 5.74) is 3.79. The van der Waals surface area contributed by atoms with Crippen LogP contribution in [0.4, 0.5) is 5.69 Å². The molecule has 0 spiro atoms. The van der Waals surface area contributed by atoms with E-state index in [2.05, 4.69) is 24.1 Å². The number of aryl methyl sites for hydroxylation is 1. The first-order valence-electron chi connectivity index (χ1n) is 8.94. The minimum Gasteiger partial charge on any atom is -0.381 e. The van der Waals surface area contributed by atoms with Crippen molar-refractivity contribution >= 4 is 22.5 Å². The number of nitrogens with zero attached hydrogens (tertiary/aromatic N) is 1. The zero-order valence-corrected chi connectivity index (χ0v) is 15.2. The van der Waals surface area contributed by atoms with Gasteiger partial charge in [-0.1, -0.05) is 32.0 Å². The first-order chi connectivity index (χ1) is 12.1. The zero-order chi connectivity index (χ0) is 17.8. The van der Waals surface area contributed by atoms with Crippen LogP contribution in [0, 0.1) is 6.92 Å². The van der Waals surface area contributed by atoms with Crippen molar-refractivity contribution in [3.8, 4) is 0 Å². The lowest BCUT2D eigenvalue weighted by Crippen LogP contribution is -2.28. The van der Waals surface area contributed by atoms with Crippen molar-refractivity contribution in [1.29, 1.82) is 0 Å². The number of anilines is 1. The fourth-order valence-electron chi connectivity index (χ4n) is 3.40. The number of rotatable bonds is 5. The highest BCUT2D eigenvalue weighted by molar-refractivity contribution is 6.03. The monoisotopic (exact) mass is 342 g/mol. The number of amides is 1. The van der Waals surface area contributed by atoms with Gasteiger partial charge >= 0.3 is 0 Å². The van der Waals surface area contributed by atoms with Gasteiger partial charge in [-0.15, -0.1) is 0 Å². The van der Waals surface area contributed by atoms with E-state index in [4.69, 9.17) is 9.47 Å². The molecule has 1 aromatic heterocycles. The fraction of sp³-hybridized carbons (Fsp3) is 0.500. The summed E-state index contributed by atoms with van der Waals surface area (Å²) in [6, 6.07) is 7.91. The molecule has 5 heteroatoms. The molecule has 3 rings (SSSR count). The molecular weight excluding hydrogens is 316 g/mol. The summed E-state index contributed by atoms with van der Waals surface area (Å²) in [5, 5.41) is 4.05. The highest BCUT2D eigenvalue weighted by Gasteiger charge is 2.19. The SMILES string of the molecule is Cc1nc2ccccc2c(NC(=O)COC2CCOCC2)c1C(C)C. The van der Waals surface area contributed by atoms with Crippen molar-refractivity contribution in [3.63, 3.8) is 0 Å². The standard InChI is InChI=1S/C20H26N2O3/c1-13(2)19-14(3)21-17-7-5-4-6-16(17)20(19)22-18(23)12-25-15-8-10-24-11-9-15/h4-7,13,15H,8-12H2,1-3H3,(H,21,22,23). The Kier molecular flexibility index (Phi) is 5.66. The van der Waals surface area contributed by atoms with Gasteiger partial charge in [-0.25, -0.2) is 0 Å². The topological polar surface area (TPSA) is 60.5 Å². The third-order valence-corrected chi connectivity index (χ3v) is 4.58. The highest BCUT2D eigenvalue weighted by atomic mass is 16.5. The molecule has 0 radical (unpaired) electrons. The number of carbonyl (C=O) groups excluding carboxylic acids is 1. The molecule has 1 aliphatic heterocycles. The molecule has 2 aromatic rings. The molecular formula is C20H26N2O3. The summed E-state index contributed by atoms with van der Waals surface area (Å²) in [5.74, 6) is 0.146. The molecule has 0 bridgehead atoms. The average molecular weight is 342 g/mol. The molecule has 134 valence electrons. The molecule has 0 saturated carbocycles. The van der Waals surface area contributed by atoms with Crippen LogP contribution in [0.1, 0.15) is 43.9 Å². The second-order valence-corrected chi connectivity index (χ2v) is 6.83. The molecule has 0 unspecified atom stereocenters. The van der Waals surface area contributed by atoms with Crippen LogP contribution >= 0.6 is 0 Å². The van der Waals surface area contributed by atoms with E-state index >= 15 is 0 Å². The van der Waals surface area contributed by atoms with Gasteiger partial charge in [0, 0.05) is 29.9 Å². The number of carbonyl (C=O) groups is 1. The molecule has 5 nitrogen and oxygen atoms in total. The number of fused-ring (bicyclic) bond motifs is 1. The molecule has 25 heavy (non-hydrogen) atoms. The smallest absolute Gasteiger partial charge is 0.250 e. The van der Waals surface area contributed by atoms with Crippen LogP contribution in [-0.4, -0.2) is 36.8 Å². The van der Waals surface area contributed by atoms with Crippen molar-refractivity contribution in [2.24, 2.45) is 0 Å². The van der Waals surface area contributed by atoms with Crippen LogP contribution in [0.2, 0.25) is 0 Å². The van der Waals surface area contributed by atoms with Crippen LogP contribution in [0.25, 0.3) is 10.9 Å². The van der Waals surface area contributed by atoms with Gasteiger partial charge in [0.1, 0.15) is 6.61 Å². The first kappa shape index (κ1) is 17.8. The summed E-state index contributed by atoms with van der Waals surface area (Å²) in [6.45, 7) is 7.71. The molecule has 1 N–H and O–H groups in total. The number of hydrogen-bond donors (Lipinski definition) is 1. The van der Waals surface area contributed by atoms with Crippen molar-refractivity contribution in [1.82, 2.24) is 4.98 Å². The van der Waals surface area contributed by atoms with E-state index in [-0.39, 0.29) is 24.5 Å². The molecule has 0 atom stereocenters. The second-order valence-electron chi connectivity index (χ2n) is 6.83. The van der Waals surface area contributed by atoms with Crippen molar-refractivity contribution in [2.75, 3.05) is 25.1 Å². The van der Waals surface area contributed by atoms with E-state index in [1.54, 1.807) is 0 Å². The maximum atomic E-state index is 12.5.